The van der Waals surface area contributed by atoms with Crippen LogP contribution < -0.4 is 10.1 Å². The van der Waals surface area contributed by atoms with Crippen LogP contribution in [-0.4, -0.2) is 33.0 Å². The summed E-state index contributed by atoms with van der Waals surface area (Å²) in [5.74, 6) is -2.22. The molecule has 5 rings (SSSR count). The van der Waals surface area contributed by atoms with Crippen molar-refractivity contribution in [2.24, 2.45) is 5.92 Å². The van der Waals surface area contributed by atoms with Gasteiger partial charge in [0.05, 0.1) is 11.3 Å². The first-order valence-corrected chi connectivity index (χ1v) is 13.3. The Kier molecular flexibility index (Phi) is 7.06. The van der Waals surface area contributed by atoms with E-state index in [0.717, 1.165) is 21.9 Å². The summed E-state index contributed by atoms with van der Waals surface area (Å²) in [5, 5.41) is 5.16. The molecule has 0 bridgehead atoms. The number of hydrogen-bond acceptors (Lipinski definition) is 6. The van der Waals surface area contributed by atoms with Crippen LogP contribution in [0.5, 0.6) is 11.6 Å². The molecule has 1 amide bonds. The SMILES string of the molecule is CSc1nccc(-c2cccnc2Oc2c(C)ccc3c(NC(=O)CC4CCC(F)(F)C4)cccc23)n1. The van der Waals surface area contributed by atoms with Crippen LogP contribution >= 0.6 is 11.8 Å². The molecule has 1 fully saturated rings. The van der Waals surface area contributed by atoms with E-state index >= 15 is 0 Å². The molecular formula is C28H26F2N4O2S. The van der Waals surface area contributed by atoms with Crippen LogP contribution in [-0.2, 0) is 4.79 Å². The molecule has 6 nitrogen and oxygen atoms in total. The number of nitrogens with one attached hydrogen (secondary N) is 1. The smallest absolute Gasteiger partial charge is 0.248 e. The van der Waals surface area contributed by atoms with Gasteiger partial charge in [0.15, 0.2) is 5.16 Å². The number of alkyl halides is 2. The molecule has 0 aliphatic heterocycles. The maximum Gasteiger partial charge on any atom is 0.248 e. The summed E-state index contributed by atoms with van der Waals surface area (Å²) in [5.41, 5.74) is 2.94. The molecule has 37 heavy (non-hydrogen) atoms. The zero-order chi connectivity index (χ0) is 26.0. The molecule has 1 aliphatic carbocycles. The van der Waals surface area contributed by atoms with Gasteiger partial charge >= 0.3 is 0 Å². The Hall–Kier alpha value is -3.59. The summed E-state index contributed by atoms with van der Waals surface area (Å²) in [6, 6.07) is 14.9. The Labute approximate surface area is 217 Å². The first-order chi connectivity index (χ1) is 17.8. The van der Waals surface area contributed by atoms with Gasteiger partial charge in [0, 0.05) is 48.1 Å². The number of rotatable bonds is 7. The molecule has 1 N–H and O–H groups in total. The summed E-state index contributed by atoms with van der Waals surface area (Å²) in [7, 11) is 0. The van der Waals surface area contributed by atoms with Crippen molar-refractivity contribution < 1.29 is 18.3 Å². The van der Waals surface area contributed by atoms with Crippen LogP contribution in [0, 0.1) is 12.8 Å². The van der Waals surface area contributed by atoms with Crippen molar-refractivity contribution in [2.45, 2.75) is 43.7 Å². The maximum atomic E-state index is 13.6. The number of hydrogen-bond donors (Lipinski definition) is 1. The number of benzene rings is 2. The number of nitrogens with zero attached hydrogens (tertiary/aromatic N) is 3. The molecule has 1 unspecified atom stereocenters. The summed E-state index contributed by atoms with van der Waals surface area (Å²) < 4.78 is 33.5. The van der Waals surface area contributed by atoms with Crippen LogP contribution in [0.3, 0.4) is 0 Å². The average molecular weight is 521 g/mol. The maximum absolute atomic E-state index is 13.6. The molecule has 0 spiro atoms. The van der Waals surface area contributed by atoms with Gasteiger partial charge in [-0.05, 0) is 55.3 Å². The molecule has 2 aromatic carbocycles. The number of carbonyl (C=O) groups excluding carboxylic acids is 1. The van der Waals surface area contributed by atoms with E-state index in [1.165, 1.54) is 11.8 Å². The van der Waals surface area contributed by atoms with Crippen molar-refractivity contribution in [1.82, 2.24) is 15.0 Å². The Morgan fingerprint density at radius 2 is 1.97 bits per heavy atom. The normalized spacial score (nSPS) is 16.6. The fourth-order valence-electron chi connectivity index (χ4n) is 4.72. The zero-order valence-electron chi connectivity index (χ0n) is 20.5. The van der Waals surface area contributed by atoms with Crippen LogP contribution in [0.15, 0.2) is 66.1 Å². The first-order valence-electron chi connectivity index (χ1n) is 12.0. The van der Waals surface area contributed by atoms with Crippen molar-refractivity contribution in [3.8, 4) is 22.9 Å². The van der Waals surface area contributed by atoms with Crippen LogP contribution in [0.1, 0.15) is 31.2 Å². The number of anilines is 1. The van der Waals surface area contributed by atoms with Gasteiger partial charge in [-0.25, -0.2) is 23.7 Å². The summed E-state index contributed by atoms with van der Waals surface area (Å²) in [4.78, 5) is 26.0. The number of aryl methyl sites for hydroxylation is 1. The average Bonchev–Trinajstić information content (AvgIpc) is 3.23. The minimum atomic E-state index is -2.67. The van der Waals surface area contributed by atoms with E-state index in [1.807, 2.05) is 55.6 Å². The van der Waals surface area contributed by atoms with Crippen molar-refractivity contribution in [2.75, 3.05) is 11.6 Å². The fraction of sp³-hybridized carbons (Fsp3) is 0.286. The summed E-state index contributed by atoms with van der Waals surface area (Å²) in [6.45, 7) is 1.94. The number of fused-ring (bicyclic) bond motifs is 1. The van der Waals surface area contributed by atoms with E-state index in [0.29, 0.717) is 34.6 Å². The molecule has 1 atom stereocenters. The van der Waals surface area contributed by atoms with Gasteiger partial charge in [-0.3, -0.25) is 4.79 Å². The lowest BCUT2D eigenvalue weighted by Crippen LogP contribution is -2.17. The fourth-order valence-corrected chi connectivity index (χ4v) is 5.07. The predicted octanol–water partition coefficient (Wildman–Crippen LogP) is 7.28. The Morgan fingerprint density at radius 1 is 1.11 bits per heavy atom. The molecule has 0 radical (unpaired) electrons. The van der Waals surface area contributed by atoms with Crippen molar-refractivity contribution in [1.29, 1.82) is 0 Å². The highest BCUT2D eigenvalue weighted by molar-refractivity contribution is 7.98. The number of aromatic nitrogens is 3. The number of amides is 1. The van der Waals surface area contributed by atoms with Crippen molar-refractivity contribution >= 4 is 34.1 Å². The minimum Gasteiger partial charge on any atom is -0.437 e. The molecule has 1 saturated carbocycles. The number of thioether (sulfide) groups is 1. The Morgan fingerprint density at radius 3 is 2.76 bits per heavy atom. The van der Waals surface area contributed by atoms with Gasteiger partial charge < -0.3 is 10.1 Å². The third-order valence-electron chi connectivity index (χ3n) is 6.52. The Balaban J connectivity index is 1.45. The number of ether oxygens (including phenoxy) is 1. The van der Waals surface area contributed by atoms with Gasteiger partial charge in [-0.15, -0.1) is 0 Å². The van der Waals surface area contributed by atoms with E-state index in [4.69, 9.17) is 4.74 Å². The van der Waals surface area contributed by atoms with E-state index < -0.39 is 5.92 Å². The number of carbonyl (C=O) groups is 1. The van der Waals surface area contributed by atoms with Crippen LogP contribution in [0.2, 0.25) is 0 Å². The zero-order valence-corrected chi connectivity index (χ0v) is 21.3. The highest BCUT2D eigenvalue weighted by Gasteiger charge is 2.40. The second-order valence-electron chi connectivity index (χ2n) is 9.22. The third-order valence-corrected chi connectivity index (χ3v) is 7.09. The van der Waals surface area contributed by atoms with Gasteiger partial charge in [0.25, 0.3) is 0 Å². The van der Waals surface area contributed by atoms with E-state index in [1.54, 1.807) is 18.5 Å². The number of pyridine rings is 1. The molecule has 2 heterocycles. The van der Waals surface area contributed by atoms with Gasteiger partial charge in [-0.1, -0.05) is 36.0 Å². The lowest BCUT2D eigenvalue weighted by atomic mass is 10.0. The van der Waals surface area contributed by atoms with E-state index in [-0.39, 0.29) is 31.1 Å². The van der Waals surface area contributed by atoms with Crippen molar-refractivity contribution in [3.05, 3.63) is 66.5 Å². The van der Waals surface area contributed by atoms with Gasteiger partial charge in [0.1, 0.15) is 5.75 Å². The third kappa shape index (κ3) is 5.56. The highest BCUT2D eigenvalue weighted by atomic mass is 32.2. The summed E-state index contributed by atoms with van der Waals surface area (Å²) in [6.07, 6.45) is 5.34. The monoisotopic (exact) mass is 520 g/mol. The minimum absolute atomic E-state index is 0.0788. The predicted molar refractivity (Wildman–Crippen MR) is 141 cm³/mol. The highest BCUT2D eigenvalue weighted by Crippen LogP contribution is 2.41. The summed E-state index contributed by atoms with van der Waals surface area (Å²) >= 11 is 1.45. The van der Waals surface area contributed by atoms with Gasteiger partial charge in [-0.2, -0.15) is 0 Å². The second kappa shape index (κ2) is 10.4. The van der Waals surface area contributed by atoms with Gasteiger partial charge in [0.2, 0.25) is 17.7 Å². The van der Waals surface area contributed by atoms with Crippen LogP contribution in [0.4, 0.5) is 14.5 Å². The second-order valence-corrected chi connectivity index (χ2v) is 9.99. The molecule has 9 heteroatoms. The molecule has 190 valence electrons. The molecule has 2 aromatic heterocycles. The van der Waals surface area contributed by atoms with E-state index in [9.17, 15) is 13.6 Å². The first kappa shape index (κ1) is 25.1. The topological polar surface area (TPSA) is 77.0 Å². The number of halogens is 2. The van der Waals surface area contributed by atoms with E-state index in [2.05, 4.69) is 20.3 Å². The molecule has 0 saturated heterocycles. The van der Waals surface area contributed by atoms with Crippen molar-refractivity contribution in [3.63, 3.8) is 0 Å². The quantitative estimate of drug-likeness (QED) is 0.204. The molecule has 1 aliphatic rings. The van der Waals surface area contributed by atoms with Crippen LogP contribution in [0.25, 0.3) is 22.0 Å². The molecular weight excluding hydrogens is 494 g/mol. The molecule has 4 aromatic rings. The largest absolute Gasteiger partial charge is 0.437 e. The Bertz CT molecular complexity index is 1460. The lowest BCUT2D eigenvalue weighted by molar-refractivity contribution is -0.117. The standard InChI is InChI=1S/C28H26F2N4O2S/c1-17-8-9-19-20(5-3-7-22(19)33-24(35)15-18-10-12-28(29,30)16-18)25(17)36-26-21(6-4-13-31-26)23-11-14-32-27(34-23)37-2/h3-9,11,13-14,18H,10,12,15-16H2,1-2H3,(H,33,35). The lowest BCUT2D eigenvalue weighted by Gasteiger charge is -2.16.